The van der Waals surface area contributed by atoms with Crippen LogP contribution in [0, 0.1) is 0 Å². The van der Waals surface area contributed by atoms with E-state index in [0.717, 1.165) is 6.26 Å². The normalized spacial score (nSPS) is 12.0. The first-order valence-corrected chi connectivity index (χ1v) is 10.0. The standard InChI is InChI=1S/C20H16F3NO3S/c1-27-17-12-16(13-8-10-15(11-9-13)28(2,25)26)18(14-6-4-3-5-7-14)19(24-17)20(21,22)23/h3-12H,1-2H3. The molecule has 0 radical (unpaired) electrons. The molecule has 0 unspecified atom stereocenters. The third-order valence-electron chi connectivity index (χ3n) is 4.13. The molecule has 0 atom stereocenters. The van der Waals surface area contributed by atoms with E-state index in [-0.39, 0.29) is 21.9 Å². The van der Waals surface area contributed by atoms with Gasteiger partial charge in [0, 0.05) is 17.9 Å². The van der Waals surface area contributed by atoms with E-state index in [1.165, 1.54) is 37.4 Å². The summed E-state index contributed by atoms with van der Waals surface area (Å²) in [6.07, 6.45) is -3.64. The number of ether oxygens (including phenoxy) is 1. The molecular formula is C20H16F3NO3S. The van der Waals surface area contributed by atoms with Crippen LogP contribution in [-0.4, -0.2) is 26.8 Å². The predicted octanol–water partition coefficient (Wildman–Crippen LogP) is 4.85. The van der Waals surface area contributed by atoms with E-state index >= 15 is 0 Å². The minimum Gasteiger partial charge on any atom is -0.481 e. The number of benzene rings is 2. The molecule has 146 valence electrons. The van der Waals surface area contributed by atoms with Crippen LogP contribution in [-0.2, 0) is 16.0 Å². The molecular weight excluding hydrogens is 391 g/mol. The number of aromatic nitrogens is 1. The monoisotopic (exact) mass is 407 g/mol. The van der Waals surface area contributed by atoms with Gasteiger partial charge in [0.2, 0.25) is 5.88 Å². The highest BCUT2D eigenvalue weighted by molar-refractivity contribution is 7.90. The molecule has 0 bridgehead atoms. The smallest absolute Gasteiger partial charge is 0.434 e. The van der Waals surface area contributed by atoms with E-state index < -0.39 is 21.7 Å². The van der Waals surface area contributed by atoms with Crippen LogP contribution < -0.4 is 4.74 Å². The molecule has 0 aliphatic rings. The average Bonchev–Trinajstić information content (AvgIpc) is 2.66. The zero-order chi connectivity index (χ0) is 20.5. The summed E-state index contributed by atoms with van der Waals surface area (Å²) in [5.41, 5.74) is -0.170. The summed E-state index contributed by atoms with van der Waals surface area (Å²) in [4.78, 5) is 3.72. The molecule has 8 heteroatoms. The van der Waals surface area contributed by atoms with E-state index in [4.69, 9.17) is 4.74 Å². The number of alkyl halides is 3. The summed E-state index contributed by atoms with van der Waals surface area (Å²) in [6, 6.07) is 15.2. The van der Waals surface area contributed by atoms with Crippen LogP contribution in [0.2, 0.25) is 0 Å². The molecule has 0 saturated heterocycles. The molecule has 4 nitrogen and oxygen atoms in total. The molecule has 2 aromatic carbocycles. The highest BCUT2D eigenvalue weighted by Crippen LogP contribution is 2.43. The average molecular weight is 407 g/mol. The fraction of sp³-hybridized carbons (Fsp3) is 0.150. The largest absolute Gasteiger partial charge is 0.481 e. The summed E-state index contributed by atoms with van der Waals surface area (Å²) < 4.78 is 69.6. The van der Waals surface area contributed by atoms with E-state index in [1.807, 2.05) is 0 Å². The van der Waals surface area contributed by atoms with Crippen molar-refractivity contribution in [3.05, 3.63) is 66.4 Å². The molecule has 0 spiro atoms. The van der Waals surface area contributed by atoms with Gasteiger partial charge in [-0.3, -0.25) is 0 Å². The van der Waals surface area contributed by atoms with E-state index in [2.05, 4.69) is 4.98 Å². The highest BCUT2D eigenvalue weighted by atomic mass is 32.2. The van der Waals surface area contributed by atoms with Crippen molar-refractivity contribution in [3.8, 4) is 28.1 Å². The van der Waals surface area contributed by atoms with E-state index in [1.54, 1.807) is 30.3 Å². The Morgan fingerprint density at radius 3 is 2.04 bits per heavy atom. The number of hydrogen-bond acceptors (Lipinski definition) is 4. The molecule has 1 heterocycles. The minimum absolute atomic E-state index is 0.0783. The summed E-state index contributed by atoms with van der Waals surface area (Å²) in [5, 5.41) is 0. The predicted molar refractivity (Wildman–Crippen MR) is 99.8 cm³/mol. The van der Waals surface area contributed by atoms with Gasteiger partial charge >= 0.3 is 6.18 Å². The Hall–Kier alpha value is -2.87. The van der Waals surface area contributed by atoms with Crippen LogP contribution in [0.1, 0.15) is 5.69 Å². The fourth-order valence-corrected chi connectivity index (χ4v) is 3.47. The molecule has 0 fully saturated rings. The molecule has 0 N–H and O–H groups in total. The second-order valence-electron chi connectivity index (χ2n) is 6.10. The van der Waals surface area contributed by atoms with E-state index in [0.29, 0.717) is 11.1 Å². The van der Waals surface area contributed by atoms with Gasteiger partial charge in [0.1, 0.15) is 0 Å². The van der Waals surface area contributed by atoms with Gasteiger partial charge < -0.3 is 4.74 Å². The Bertz CT molecular complexity index is 1090. The van der Waals surface area contributed by atoms with Crippen LogP contribution >= 0.6 is 0 Å². The lowest BCUT2D eigenvalue weighted by molar-refractivity contribution is -0.140. The first kappa shape index (κ1) is 19.9. The van der Waals surface area contributed by atoms with Crippen LogP contribution in [0.3, 0.4) is 0 Å². The Labute approximate surface area is 160 Å². The number of halogens is 3. The molecule has 3 aromatic rings. The van der Waals surface area contributed by atoms with Crippen molar-refractivity contribution in [3.63, 3.8) is 0 Å². The zero-order valence-corrected chi connectivity index (χ0v) is 15.8. The Kier molecular flexibility index (Phi) is 5.16. The van der Waals surface area contributed by atoms with Gasteiger partial charge in [-0.05, 0) is 28.8 Å². The molecule has 1 aromatic heterocycles. The number of pyridine rings is 1. The van der Waals surface area contributed by atoms with Gasteiger partial charge in [0.05, 0.1) is 12.0 Å². The highest BCUT2D eigenvalue weighted by Gasteiger charge is 2.38. The van der Waals surface area contributed by atoms with Crippen LogP contribution in [0.25, 0.3) is 22.3 Å². The summed E-state index contributed by atoms with van der Waals surface area (Å²) in [7, 11) is -2.19. The molecule has 28 heavy (non-hydrogen) atoms. The van der Waals surface area contributed by atoms with Crippen molar-refractivity contribution < 1.29 is 26.3 Å². The summed E-state index contributed by atoms with van der Waals surface area (Å²) in [6.45, 7) is 0. The number of hydrogen-bond donors (Lipinski definition) is 0. The van der Waals surface area contributed by atoms with Crippen molar-refractivity contribution in [1.82, 2.24) is 4.98 Å². The van der Waals surface area contributed by atoms with Crippen molar-refractivity contribution in [1.29, 1.82) is 0 Å². The maximum atomic E-state index is 13.8. The van der Waals surface area contributed by atoms with Crippen molar-refractivity contribution in [2.24, 2.45) is 0 Å². The Morgan fingerprint density at radius 1 is 0.929 bits per heavy atom. The van der Waals surface area contributed by atoms with Gasteiger partial charge in [-0.15, -0.1) is 0 Å². The second kappa shape index (κ2) is 7.27. The summed E-state index contributed by atoms with van der Waals surface area (Å²) >= 11 is 0. The molecule has 0 aliphatic carbocycles. The second-order valence-corrected chi connectivity index (χ2v) is 8.11. The molecule has 0 saturated carbocycles. The first-order valence-electron chi connectivity index (χ1n) is 8.13. The Balaban J connectivity index is 2.33. The third-order valence-corrected chi connectivity index (χ3v) is 5.26. The summed E-state index contributed by atoms with van der Waals surface area (Å²) in [5.74, 6) is -0.186. The first-order chi connectivity index (χ1) is 13.1. The Morgan fingerprint density at radius 2 is 1.54 bits per heavy atom. The molecule has 0 amide bonds. The third kappa shape index (κ3) is 4.01. The van der Waals surface area contributed by atoms with Crippen LogP contribution in [0.15, 0.2) is 65.6 Å². The van der Waals surface area contributed by atoms with Crippen molar-refractivity contribution in [2.45, 2.75) is 11.1 Å². The van der Waals surface area contributed by atoms with Gasteiger partial charge in [0.25, 0.3) is 0 Å². The van der Waals surface area contributed by atoms with E-state index in [9.17, 15) is 21.6 Å². The maximum absolute atomic E-state index is 13.8. The number of sulfone groups is 1. The number of nitrogens with zero attached hydrogens (tertiary/aromatic N) is 1. The van der Waals surface area contributed by atoms with Gasteiger partial charge in [-0.25, -0.2) is 13.4 Å². The lowest BCUT2D eigenvalue weighted by Gasteiger charge is -2.18. The van der Waals surface area contributed by atoms with Gasteiger partial charge in [-0.2, -0.15) is 13.2 Å². The number of rotatable bonds is 4. The SMILES string of the molecule is COc1cc(-c2ccc(S(C)(=O)=O)cc2)c(-c2ccccc2)c(C(F)(F)F)n1. The van der Waals surface area contributed by atoms with Crippen LogP contribution in [0.5, 0.6) is 5.88 Å². The van der Waals surface area contributed by atoms with Crippen LogP contribution in [0.4, 0.5) is 13.2 Å². The molecule has 3 rings (SSSR count). The minimum atomic E-state index is -4.71. The zero-order valence-electron chi connectivity index (χ0n) is 15.0. The molecule has 0 aliphatic heterocycles. The lowest BCUT2D eigenvalue weighted by Crippen LogP contribution is -2.12. The topological polar surface area (TPSA) is 56.3 Å². The fourth-order valence-electron chi connectivity index (χ4n) is 2.84. The lowest BCUT2D eigenvalue weighted by atomic mass is 9.93. The van der Waals surface area contributed by atoms with Gasteiger partial charge in [-0.1, -0.05) is 42.5 Å². The van der Waals surface area contributed by atoms with Crippen molar-refractivity contribution in [2.75, 3.05) is 13.4 Å². The van der Waals surface area contributed by atoms with Gasteiger partial charge in [0.15, 0.2) is 15.5 Å². The van der Waals surface area contributed by atoms with Crippen molar-refractivity contribution >= 4 is 9.84 Å². The maximum Gasteiger partial charge on any atom is 0.434 e. The number of methoxy groups -OCH3 is 1. The quantitative estimate of drug-likeness (QED) is 0.621.